The lowest BCUT2D eigenvalue weighted by Crippen LogP contribution is -1.88. The summed E-state index contributed by atoms with van der Waals surface area (Å²) in [5, 5.41) is 12.2. The number of nitrogens with zero attached hydrogens (tertiary/aromatic N) is 4. The van der Waals surface area contributed by atoms with Crippen LogP contribution in [0.3, 0.4) is 0 Å². The summed E-state index contributed by atoms with van der Waals surface area (Å²) in [5.74, 6) is 1.78. The van der Waals surface area contributed by atoms with Crippen molar-refractivity contribution in [2.75, 3.05) is 5.75 Å². The Bertz CT molecular complexity index is 760. The summed E-state index contributed by atoms with van der Waals surface area (Å²) in [5.41, 5.74) is 2.42. The fraction of sp³-hybridized carbons (Fsp3) is 0.235. The molecule has 0 aliphatic heterocycles. The van der Waals surface area contributed by atoms with Gasteiger partial charge in [-0.15, -0.1) is 5.10 Å². The van der Waals surface area contributed by atoms with Crippen LogP contribution in [0.4, 0.5) is 0 Å². The Morgan fingerprint density at radius 1 is 1.22 bits per heavy atom. The third-order valence-electron chi connectivity index (χ3n) is 3.31. The van der Waals surface area contributed by atoms with Crippen molar-refractivity contribution in [3.8, 4) is 0 Å². The Hall–Kier alpha value is -2.34. The smallest absolute Gasteiger partial charge is 0.208 e. The maximum atomic E-state index is 4.47. The highest BCUT2D eigenvalue weighted by Crippen LogP contribution is 2.15. The highest BCUT2D eigenvalue weighted by atomic mass is 32.2. The molecular weight excluding hydrogens is 306 g/mol. The average Bonchev–Trinajstić information content (AvgIpc) is 3.20. The van der Waals surface area contributed by atoms with Crippen LogP contribution < -0.4 is 0 Å². The Labute approximate surface area is 139 Å². The van der Waals surface area contributed by atoms with Crippen molar-refractivity contribution < 1.29 is 0 Å². The Balaban J connectivity index is 1.45. The highest BCUT2D eigenvalue weighted by Gasteiger charge is 2.02. The van der Waals surface area contributed by atoms with Crippen LogP contribution in [-0.4, -0.2) is 30.7 Å². The van der Waals surface area contributed by atoms with Gasteiger partial charge in [0.05, 0.1) is 6.20 Å². The van der Waals surface area contributed by atoms with Crippen LogP contribution in [0.1, 0.15) is 23.4 Å². The first-order valence-corrected chi connectivity index (χ1v) is 8.54. The van der Waals surface area contributed by atoms with E-state index in [4.69, 9.17) is 0 Å². The van der Waals surface area contributed by atoms with Crippen molar-refractivity contribution in [1.29, 1.82) is 0 Å². The minimum Gasteiger partial charge on any atom is -0.276 e. The quantitative estimate of drug-likeness (QED) is 0.534. The molecule has 2 heterocycles. The number of hydrogen-bond acceptors (Lipinski definition) is 4. The second-order valence-electron chi connectivity index (χ2n) is 5.22. The molecule has 23 heavy (non-hydrogen) atoms. The van der Waals surface area contributed by atoms with E-state index >= 15 is 0 Å². The Kier molecular flexibility index (Phi) is 5.26. The highest BCUT2D eigenvalue weighted by molar-refractivity contribution is 7.99. The molecule has 5 nitrogen and oxygen atoms in total. The van der Waals surface area contributed by atoms with E-state index < -0.39 is 0 Å². The van der Waals surface area contributed by atoms with Crippen molar-refractivity contribution in [3.63, 3.8) is 0 Å². The lowest BCUT2D eigenvalue weighted by atomic mass is 10.2. The van der Waals surface area contributed by atoms with Crippen molar-refractivity contribution in [1.82, 2.24) is 25.0 Å². The van der Waals surface area contributed by atoms with Gasteiger partial charge in [-0.2, -0.15) is 5.10 Å². The number of hydrogen-bond donors (Lipinski definition) is 1. The van der Waals surface area contributed by atoms with Gasteiger partial charge in [0.1, 0.15) is 5.82 Å². The molecule has 1 aromatic carbocycles. The van der Waals surface area contributed by atoms with Crippen LogP contribution in [0, 0.1) is 0 Å². The van der Waals surface area contributed by atoms with E-state index in [0.29, 0.717) is 0 Å². The maximum absolute atomic E-state index is 4.47. The first kappa shape index (κ1) is 15.6. The van der Waals surface area contributed by atoms with Crippen LogP contribution in [0.15, 0.2) is 47.9 Å². The van der Waals surface area contributed by atoms with E-state index in [0.717, 1.165) is 35.1 Å². The van der Waals surface area contributed by atoms with E-state index in [9.17, 15) is 0 Å². The zero-order chi connectivity index (χ0) is 15.9. The van der Waals surface area contributed by atoms with E-state index in [1.807, 2.05) is 48.3 Å². The minimum absolute atomic E-state index is 0.781. The summed E-state index contributed by atoms with van der Waals surface area (Å²) in [6.07, 6.45) is 10.1. The molecule has 0 aliphatic carbocycles. The molecule has 0 saturated carbocycles. The summed E-state index contributed by atoms with van der Waals surface area (Å²) in [6.45, 7) is 0. The van der Waals surface area contributed by atoms with Gasteiger partial charge in [-0.05, 0) is 30.0 Å². The van der Waals surface area contributed by atoms with Gasteiger partial charge >= 0.3 is 0 Å². The van der Waals surface area contributed by atoms with Gasteiger partial charge in [0.25, 0.3) is 0 Å². The van der Waals surface area contributed by atoms with Crippen molar-refractivity contribution in [2.24, 2.45) is 7.05 Å². The largest absolute Gasteiger partial charge is 0.276 e. The summed E-state index contributed by atoms with van der Waals surface area (Å²) in [7, 11) is 1.94. The van der Waals surface area contributed by atoms with Crippen molar-refractivity contribution in [3.05, 3.63) is 59.7 Å². The fourth-order valence-electron chi connectivity index (χ4n) is 2.18. The number of rotatable bonds is 7. The number of benzene rings is 1. The standard InChI is InChI=1S/C17H19N5S/c1-22-13-15(12-18-22)8-5-11-23-17-19-16(20-21-17)10-9-14-6-3-2-4-7-14/h2-4,6-7,9-10,12-13H,5,8,11H2,1H3,(H,19,20,21). The fourth-order valence-corrected chi connectivity index (χ4v) is 2.92. The normalized spacial score (nSPS) is 11.3. The van der Waals surface area contributed by atoms with Gasteiger partial charge in [0, 0.05) is 19.0 Å². The molecular formula is C17H19N5S. The molecule has 0 fully saturated rings. The van der Waals surface area contributed by atoms with Gasteiger partial charge in [0.2, 0.25) is 5.16 Å². The lowest BCUT2D eigenvalue weighted by molar-refractivity contribution is 0.766. The van der Waals surface area contributed by atoms with Crippen LogP contribution in [0.5, 0.6) is 0 Å². The molecule has 3 rings (SSSR count). The molecule has 0 aliphatic rings. The molecule has 0 bridgehead atoms. The summed E-state index contributed by atoms with van der Waals surface area (Å²) >= 11 is 1.67. The van der Waals surface area contributed by atoms with Gasteiger partial charge in [-0.25, -0.2) is 4.98 Å². The topological polar surface area (TPSA) is 59.4 Å². The second kappa shape index (κ2) is 7.78. The zero-order valence-electron chi connectivity index (χ0n) is 13.0. The molecule has 0 amide bonds. The predicted molar refractivity (Wildman–Crippen MR) is 94.0 cm³/mol. The van der Waals surface area contributed by atoms with E-state index in [2.05, 4.69) is 38.6 Å². The molecule has 2 aromatic heterocycles. The molecule has 0 saturated heterocycles. The van der Waals surface area contributed by atoms with Gasteiger partial charge in [0.15, 0.2) is 0 Å². The summed E-state index contributed by atoms with van der Waals surface area (Å²) in [4.78, 5) is 4.47. The zero-order valence-corrected chi connectivity index (χ0v) is 13.8. The molecule has 1 N–H and O–H groups in total. The van der Waals surface area contributed by atoms with E-state index in [1.165, 1.54) is 5.56 Å². The van der Waals surface area contributed by atoms with Crippen molar-refractivity contribution in [2.45, 2.75) is 18.0 Å². The number of thioether (sulfide) groups is 1. The molecule has 118 valence electrons. The third-order valence-corrected chi connectivity index (χ3v) is 4.25. The second-order valence-corrected chi connectivity index (χ2v) is 6.28. The van der Waals surface area contributed by atoms with E-state index in [1.54, 1.807) is 11.8 Å². The number of H-pyrrole nitrogens is 1. The predicted octanol–water partition coefficient (Wildman–Crippen LogP) is 3.43. The Morgan fingerprint density at radius 2 is 2.09 bits per heavy atom. The number of aromatic amines is 1. The maximum Gasteiger partial charge on any atom is 0.208 e. The molecule has 0 atom stereocenters. The van der Waals surface area contributed by atoms with Crippen LogP contribution >= 0.6 is 11.8 Å². The molecule has 3 aromatic rings. The van der Waals surface area contributed by atoms with Crippen LogP contribution in [0.25, 0.3) is 12.2 Å². The summed E-state index contributed by atoms with van der Waals surface area (Å²) in [6, 6.07) is 10.2. The average molecular weight is 325 g/mol. The molecule has 0 unspecified atom stereocenters. The first-order valence-electron chi connectivity index (χ1n) is 7.55. The number of nitrogens with one attached hydrogen (secondary N) is 1. The monoisotopic (exact) mass is 325 g/mol. The van der Waals surface area contributed by atoms with E-state index in [-0.39, 0.29) is 0 Å². The summed E-state index contributed by atoms with van der Waals surface area (Å²) < 4.78 is 1.84. The van der Waals surface area contributed by atoms with Gasteiger partial charge in [-0.3, -0.25) is 9.78 Å². The SMILES string of the molecule is Cn1cc(CCCSc2n[nH]c(C=Cc3ccccc3)n2)cn1. The third kappa shape index (κ3) is 4.82. The lowest BCUT2D eigenvalue weighted by Gasteiger charge is -1.95. The Morgan fingerprint density at radius 3 is 2.87 bits per heavy atom. The van der Waals surface area contributed by atoms with Crippen LogP contribution in [-0.2, 0) is 13.5 Å². The number of aromatic nitrogens is 5. The van der Waals surface area contributed by atoms with Crippen LogP contribution in [0.2, 0.25) is 0 Å². The van der Waals surface area contributed by atoms with Crippen molar-refractivity contribution >= 4 is 23.9 Å². The first-order chi connectivity index (χ1) is 11.3. The minimum atomic E-state index is 0.781. The number of aryl methyl sites for hydroxylation is 2. The molecule has 0 spiro atoms. The molecule has 0 radical (unpaired) electrons. The van der Waals surface area contributed by atoms with Gasteiger partial charge in [-0.1, -0.05) is 48.2 Å². The molecule has 6 heteroatoms. The van der Waals surface area contributed by atoms with Gasteiger partial charge < -0.3 is 0 Å².